The molecule has 3 rings (SSSR count). The second-order valence-corrected chi connectivity index (χ2v) is 5.42. The second-order valence-electron chi connectivity index (χ2n) is 5.42. The first-order valence-electron chi connectivity index (χ1n) is 8.82. The molecule has 0 amide bonds. The SMILES string of the molecule is C.C.CC.CC.CC1(C)c2ccccc2-c2ccccc21.CCC. The Labute approximate surface area is 153 Å². The van der Waals surface area contributed by atoms with Crippen LogP contribution in [0.1, 0.15) is 87.8 Å². The summed E-state index contributed by atoms with van der Waals surface area (Å²) in [6, 6.07) is 17.4. The van der Waals surface area contributed by atoms with E-state index in [1.165, 1.54) is 28.7 Å². The second kappa shape index (κ2) is 13.8. The van der Waals surface area contributed by atoms with Gasteiger partial charge >= 0.3 is 0 Å². The Morgan fingerprint density at radius 3 is 1.17 bits per heavy atom. The Balaban J connectivity index is -0.000000436. The van der Waals surface area contributed by atoms with Crippen molar-refractivity contribution in [3.05, 3.63) is 59.7 Å². The standard InChI is InChI=1S/C15H14.C3H8.2C2H6.2CH4/c1-15(2)13-9-5-3-7-11(13)12-8-4-6-10-14(12)15;1-3-2;2*1-2;;/h3-10H,1-2H3;3H2,1-2H3;2*1-2H3;2*1H4. The number of benzene rings is 2. The van der Waals surface area contributed by atoms with Gasteiger partial charge < -0.3 is 0 Å². The van der Waals surface area contributed by atoms with E-state index in [-0.39, 0.29) is 20.3 Å². The Kier molecular flexibility index (Phi) is 15.7. The summed E-state index contributed by atoms with van der Waals surface area (Å²) in [6.45, 7) is 16.9. The summed E-state index contributed by atoms with van der Waals surface area (Å²) in [4.78, 5) is 0. The van der Waals surface area contributed by atoms with Crippen molar-refractivity contribution in [3.8, 4) is 11.1 Å². The average molecular weight is 331 g/mol. The van der Waals surface area contributed by atoms with Crippen LogP contribution < -0.4 is 0 Å². The van der Waals surface area contributed by atoms with E-state index < -0.39 is 0 Å². The molecular weight excluding hydrogens is 288 g/mol. The molecule has 0 aliphatic heterocycles. The van der Waals surface area contributed by atoms with Gasteiger partial charge in [-0.3, -0.25) is 0 Å². The average Bonchev–Trinajstić information content (AvgIpc) is 2.81. The minimum Gasteiger partial charge on any atom is -0.0776 e. The number of fused-ring (bicyclic) bond motifs is 3. The van der Waals surface area contributed by atoms with Crippen LogP contribution in [0.25, 0.3) is 11.1 Å². The van der Waals surface area contributed by atoms with Crippen molar-refractivity contribution >= 4 is 0 Å². The maximum Gasteiger partial charge on any atom is 0.0158 e. The molecule has 0 heteroatoms. The molecule has 0 nitrogen and oxygen atoms in total. The highest BCUT2D eigenvalue weighted by Gasteiger charge is 2.34. The fraction of sp³-hybridized carbons (Fsp3) is 0.500. The lowest BCUT2D eigenvalue weighted by molar-refractivity contribution is 0.660. The van der Waals surface area contributed by atoms with Gasteiger partial charge in [-0.15, -0.1) is 0 Å². The monoisotopic (exact) mass is 330 g/mol. The lowest BCUT2D eigenvalue weighted by Crippen LogP contribution is -2.14. The van der Waals surface area contributed by atoms with Gasteiger partial charge in [0, 0.05) is 5.41 Å². The summed E-state index contributed by atoms with van der Waals surface area (Å²) < 4.78 is 0. The first-order valence-corrected chi connectivity index (χ1v) is 8.82. The molecule has 0 unspecified atom stereocenters. The van der Waals surface area contributed by atoms with Crippen molar-refractivity contribution in [1.29, 1.82) is 0 Å². The van der Waals surface area contributed by atoms with Crippen LogP contribution in [-0.4, -0.2) is 0 Å². The van der Waals surface area contributed by atoms with E-state index in [2.05, 4.69) is 76.2 Å². The van der Waals surface area contributed by atoms with Gasteiger partial charge in [0.25, 0.3) is 0 Å². The summed E-state index contributed by atoms with van der Waals surface area (Å²) in [5.41, 5.74) is 5.86. The topological polar surface area (TPSA) is 0 Å². The van der Waals surface area contributed by atoms with Crippen molar-refractivity contribution in [2.24, 2.45) is 0 Å². The Morgan fingerprint density at radius 2 is 0.875 bits per heavy atom. The van der Waals surface area contributed by atoms with E-state index in [1.54, 1.807) is 0 Å². The van der Waals surface area contributed by atoms with Crippen LogP contribution in [0.15, 0.2) is 48.5 Å². The largest absolute Gasteiger partial charge is 0.0776 e. The van der Waals surface area contributed by atoms with Gasteiger partial charge in [0.15, 0.2) is 0 Å². The van der Waals surface area contributed by atoms with Crippen LogP contribution in [-0.2, 0) is 5.41 Å². The molecule has 1 aliphatic carbocycles. The fourth-order valence-corrected chi connectivity index (χ4v) is 2.67. The van der Waals surface area contributed by atoms with Crippen molar-refractivity contribution in [3.63, 3.8) is 0 Å². The molecule has 0 fully saturated rings. The number of rotatable bonds is 0. The third-order valence-corrected chi connectivity index (χ3v) is 3.49. The van der Waals surface area contributed by atoms with E-state index in [0.717, 1.165) is 0 Å². The molecule has 138 valence electrons. The molecule has 0 aromatic heterocycles. The van der Waals surface area contributed by atoms with Gasteiger partial charge in [-0.1, -0.05) is 125 Å². The van der Waals surface area contributed by atoms with E-state index in [9.17, 15) is 0 Å². The van der Waals surface area contributed by atoms with Crippen molar-refractivity contribution < 1.29 is 0 Å². The molecule has 0 bridgehead atoms. The molecule has 1 aliphatic rings. The molecule has 0 radical (unpaired) electrons. The van der Waals surface area contributed by atoms with Gasteiger partial charge in [-0.05, 0) is 22.3 Å². The van der Waals surface area contributed by atoms with E-state index in [0.29, 0.717) is 0 Å². The molecule has 0 spiro atoms. The van der Waals surface area contributed by atoms with Crippen LogP contribution in [0.5, 0.6) is 0 Å². The zero-order chi connectivity index (χ0) is 17.2. The highest BCUT2D eigenvalue weighted by molar-refractivity contribution is 5.80. The normalized spacial score (nSPS) is 11.2. The molecule has 24 heavy (non-hydrogen) atoms. The highest BCUT2D eigenvalue weighted by atomic mass is 14.4. The smallest absolute Gasteiger partial charge is 0.0158 e. The van der Waals surface area contributed by atoms with Gasteiger partial charge in [0.1, 0.15) is 0 Å². The van der Waals surface area contributed by atoms with Crippen LogP contribution in [0.2, 0.25) is 0 Å². The Morgan fingerprint density at radius 1 is 0.625 bits per heavy atom. The first-order chi connectivity index (χ1) is 10.6. The molecule has 0 saturated carbocycles. The summed E-state index contributed by atoms with van der Waals surface area (Å²) >= 11 is 0. The predicted octanol–water partition coefficient (Wildman–Crippen LogP) is 8.73. The first kappa shape index (κ1) is 27.3. The van der Waals surface area contributed by atoms with Crippen LogP contribution in [0, 0.1) is 0 Å². The van der Waals surface area contributed by atoms with Crippen LogP contribution >= 0.6 is 0 Å². The predicted molar refractivity (Wildman–Crippen MR) is 116 cm³/mol. The van der Waals surface area contributed by atoms with Crippen molar-refractivity contribution in [2.75, 3.05) is 0 Å². The molecule has 2 aromatic carbocycles. The lowest BCUT2D eigenvalue weighted by Gasteiger charge is -2.20. The van der Waals surface area contributed by atoms with E-state index in [1.807, 2.05) is 27.7 Å². The number of hydrogen-bond acceptors (Lipinski definition) is 0. The summed E-state index contributed by atoms with van der Waals surface area (Å²) in [7, 11) is 0. The summed E-state index contributed by atoms with van der Waals surface area (Å²) in [6.07, 6.45) is 1.25. The van der Waals surface area contributed by atoms with Crippen LogP contribution in [0.3, 0.4) is 0 Å². The quantitative estimate of drug-likeness (QED) is 0.453. The Hall–Kier alpha value is -1.56. The minimum absolute atomic E-state index is 0. The van der Waals surface area contributed by atoms with E-state index in [4.69, 9.17) is 0 Å². The highest BCUT2D eigenvalue weighted by Crippen LogP contribution is 2.47. The maximum atomic E-state index is 2.30. The molecule has 0 atom stereocenters. The molecule has 0 saturated heterocycles. The van der Waals surface area contributed by atoms with Gasteiger partial charge in [0.2, 0.25) is 0 Å². The van der Waals surface area contributed by atoms with Crippen molar-refractivity contribution in [2.45, 2.75) is 82.1 Å². The summed E-state index contributed by atoms with van der Waals surface area (Å²) in [5.74, 6) is 0. The maximum absolute atomic E-state index is 2.30. The zero-order valence-corrected chi connectivity index (χ0v) is 15.8. The molecule has 2 aromatic rings. The van der Waals surface area contributed by atoms with Gasteiger partial charge in [-0.25, -0.2) is 0 Å². The molecule has 0 heterocycles. The minimum atomic E-state index is 0. The third-order valence-electron chi connectivity index (χ3n) is 3.49. The zero-order valence-electron chi connectivity index (χ0n) is 15.8. The Bertz CT molecular complexity index is 488. The van der Waals surface area contributed by atoms with E-state index >= 15 is 0 Å². The number of hydrogen-bond donors (Lipinski definition) is 0. The third kappa shape index (κ3) is 5.82. The van der Waals surface area contributed by atoms with Gasteiger partial charge in [-0.2, -0.15) is 0 Å². The van der Waals surface area contributed by atoms with Gasteiger partial charge in [0.05, 0.1) is 0 Å². The fourth-order valence-electron chi connectivity index (χ4n) is 2.67. The molecular formula is C24H42. The molecule has 0 N–H and O–H groups in total. The van der Waals surface area contributed by atoms with Crippen molar-refractivity contribution in [1.82, 2.24) is 0 Å². The lowest BCUT2D eigenvalue weighted by atomic mass is 9.82. The van der Waals surface area contributed by atoms with Crippen LogP contribution in [0.4, 0.5) is 0 Å². The summed E-state index contributed by atoms with van der Waals surface area (Å²) in [5, 5.41) is 0.